The van der Waals surface area contributed by atoms with Crippen LogP contribution in [0.25, 0.3) is 5.52 Å². The smallest absolute Gasteiger partial charge is 0.404 e. The molecule has 2 aromatic heterocycles. The van der Waals surface area contributed by atoms with Crippen molar-refractivity contribution < 1.29 is 14.7 Å². The molecule has 40 heavy (non-hydrogen) atoms. The number of aryl methyl sites for hydroxylation is 2. The number of rotatable bonds is 10. The van der Waals surface area contributed by atoms with Crippen molar-refractivity contribution in [2.75, 3.05) is 13.1 Å². The molecule has 0 radical (unpaired) electrons. The molecule has 0 saturated heterocycles. The number of aromatic nitrogens is 3. The van der Waals surface area contributed by atoms with Gasteiger partial charge in [0.15, 0.2) is 0 Å². The number of carboxylic acid groups (broad SMARTS) is 1. The second kappa shape index (κ2) is 12.5. The van der Waals surface area contributed by atoms with E-state index in [1.54, 1.807) is 15.5 Å². The summed E-state index contributed by atoms with van der Waals surface area (Å²) in [5, 5.41) is 15.9. The van der Waals surface area contributed by atoms with Gasteiger partial charge in [-0.15, -0.1) is 0 Å². The molecule has 2 amide bonds. The van der Waals surface area contributed by atoms with E-state index in [9.17, 15) is 14.4 Å². The number of nitrogens with one attached hydrogen (secondary N) is 1. The highest BCUT2D eigenvalue weighted by Crippen LogP contribution is 2.33. The van der Waals surface area contributed by atoms with E-state index in [1.165, 1.54) is 4.52 Å². The lowest BCUT2D eigenvalue weighted by atomic mass is 9.96. The third-order valence-electron chi connectivity index (χ3n) is 6.86. The van der Waals surface area contributed by atoms with Gasteiger partial charge in [0, 0.05) is 24.3 Å². The number of carbonyl (C=O) groups is 2. The summed E-state index contributed by atoms with van der Waals surface area (Å²) in [7, 11) is 0. The van der Waals surface area contributed by atoms with Crippen LogP contribution >= 0.6 is 15.9 Å². The summed E-state index contributed by atoms with van der Waals surface area (Å²) in [5.41, 5.74) is 4.14. The fraction of sp³-hybridized carbons (Fsp3) is 0.333. The predicted molar refractivity (Wildman–Crippen MR) is 158 cm³/mol. The van der Waals surface area contributed by atoms with E-state index in [4.69, 9.17) is 5.11 Å². The number of fused-ring (bicyclic) bond motifs is 1. The molecule has 10 heteroatoms. The number of amides is 2. The number of benzene rings is 2. The zero-order valence-corrected chi connectivity index (χ0v) is 24.7. The summed E-state index contributed by atoms with van der Waals surface area (Å²) in [6, 6.07) is 18.6. The fourth-order valence-corrected chi connectivity index (χ4v) is 5.39. The Morgan fingerprint density at radius 1 is 1.07 bits per heavy atom. The van der Waals surface area contributed by atoms with Gasteiger partial charge in [-0.2, -0.15) is 9.61 Å². The van der Waals surface area contributed by atoms with Gasteiger partial charge >= 0.3 is 11.8 Å². The second-order valence-electron chi connectivity index (χ2n) is 10.3. The average molecular weight is 609 g/mol. The lowest BCUT2D eigenvalue weighted by Crippen LogP contribution is -2.42. The highest BCUT2D eigenvalue weighted by atomic mass is 79.9. The van der Waals surface area contributed by atoms with Gasteiger partial charge in [-0.3, -0.25) is 9.36 Å². The van der Waals surface area contributed by atoms with E-state index in [1.807, 2.05) is 82.3 Å². The van der Waals surface area contributed by atoms with Gasteiger partial charge in [0.1, 0.15) is 0 Å². The van der Waals surface area contributed by atoms with E-state index in [-0.39, 0.29) is 24.1 Å². The molecular weight excluding hydrogens is 574 g/mol. The van der Waals surface area contributed by atoms with E-state index in [0.717, 1.165) is 15.6 Å². The van der Waals surface area contributed by atoms with Crippen molar-refractivity contribution in [1.29, 1.82) is 0 Å². The molecule has 2 aromatic carbocycles. The summed E-state index contributed by atoms with van der Waals surface area (Å²) in [6.07, 6.45) is -0.701. The second-order valence-corrected chi connectivity index (χ2v) is 11.1. The Balaban J connectivity index is 1.90. The molecule has 210 valence electrons. The highest BCUT2D eigenvalue weighted by molar-refractivity contribution is 9.10. The Kier molecular flexibility index (Phi) is 9.09. The molecule has 0 aliphatic carbocycles. The molecule has 9 nitrogen and oxygen atoms in total. The summed E-state index contributed by atoms with van der Waals surface area (Å²) in [4.78, 5) is 40.9. The van der Waals surface area contributed by atoms with Crippen LogP contribution in [0, 0.1) is 19.8 Å². The summed E-state index contributed by atoms with van der Waals surface area (Å²) in [6.45, 7) is 8.60. The van der Waals surface area contributed by atoms with Crippen LogP contribution in [0.3, 0.4) is 0 Å². The maximum atomic E-state index is 14.1. The molecule has 4 aromatic rings. The van der Waals surface area contributed by atoms with Crippen molar-refractivity contribution in [3.05, 3.63) is 104 Å². The van der Waals surface area contributed by atoms with Crippen LogP contribution < -0.4 is 11.0 Å². The molecule has 0 fully saturated rings. The average Bonchev–Trinajstić information content (AvgIpc) is 3.21. The number of hydrogen-bond donors (Lipinski definition) is 2. The third kappa shape index (κ3) is 6.28. The minimum absolute atomic E-state index is 0.0761. The lowest BCUT2D eigenvalue weighted by molar-refractivity contribution is 0.0608. The molecule has 1 unspecified atom stereocenters. The van der Waals surface area contributed by atoms with Crippen LogP contribution in [0.2, 0.25) is 0 Å². The molecule has 2 N–H and O–H groups in total. The van der Waals surface area contributed by atoms with Crippen molar-refractivity contribution in [3.63, 3.8) is 0 Å². The number of halogens is 1. The van der Waals surface area contributed by atoms with Crippen LogP contribution in [0.4, 0.5) is 4.79 Å². The molecule has 4 rings (SSSR count). The zero-order chi connectivity index (χ0) is 29.0. The summed E-state index contributed by atoms with van der Waals surface area (Å²) < 4.78 is 3.81. The molecular formula is C30H34BrN5O4. The standard InChI is InChI=1S/C30H34BrN5O4/c1-19(2)27(34(15-9-14-32-29(38)39)28(37)23-13-8-10-20(3)16-23)25-17-24-26(31)21(4)33-36(24)30(40)35(25)18-22-11-6-5-7-12-22/h5-8,10-13,16-17,19,27,32H,9,14-15,18H2,1-4H3,(H,38,39). The van der Waals surface area contributed by atoms with Crippen molar-refractivity contribution in [3.8, 4) is 0 Å². The predicted octanol–water partition coefficient (Wildman–Crippen LogP) is 5.42. The lowest BCUT2D eigenvalue weighted by Gasteiger charge is -2.36. The van der Waals surface area contributed by atoms with Crippen molar-refractivity contribution >= 4 is 33.4 Å². The largest absolute Gasteiger partial charge is 0.465 e. The third-order valence-corrected chi connectivity index (χ3v) is 7.84. The molecule has 0 bridgehead atoms. The van der Waals surface area contributed by atoms with Gasteiger partial charge in [0.05, 0.1) is 28.3 Å². The van der Waals surface area contributed by atoms with Gasteiger partial charge in [-0.1, -0.05) is 61.9 Å². The SMILES string of the molecule is Cc1cccc(C(=O)N(CCCNC(=O)O)C(c2cc3c(Br)c(C)nn3c(=O)n2Cc2ccccc2)C(C)C)c1. The fourth-order valence-electron chi connectivity index (χ4n) is 5.03. The quantitative estimate of drug-likeness (QED) is 0.234. The maximum Gasteiger partial charge on any atom is 0.404 e. The van der Waals surface area contributed by atoms with Crippen LogP contribution in [0.15, 0.2) is 69.9 Å². The van der Waals surface area contributed by atoms with Gasteiger partial charge in [-0.05, 0) is 65.9 Å². The van der Waals surface area contributed by atoms with Gasteiger partial charge in [0.25, 0.3) is 5.91 Å². The highest BCUT2D eigenvalue weighted by Gasteiger charge is 2.32. The van der Waals surface area contributed by atoms with Crippen LogP contribution in [0.5, 0.6) is 0 Å². The molecule has 0 saturated carbocycles. The molecule has 0 aliphatic rings. The van der Waals surface area contributed by atoms with E-state index in [2.05, 4.69) is 26.3 Å². The van der Waals surface area contributed by atoms with Crippen molar-refractivity contribution in [2.24, 2.45) is 5.92 Å². The van der Waals surface area contributed by atoms with Gasteiger partial charge in [-0.25, -0.2) is 9.59 Å². The first-order valence-electron chi connectivity index (χ1n) is 13.3. The number of nitrogens with zero attached hydrogens (tertiary/aromatic N) is 4. The number of hydrogen-bond acceptors (Lipinski definition) is 4. The van der Waals surface area contributed by atoms with E-state index < -0.39 is 12.1 Å². The topological polar surface area (TPSA) is 109 Å². The first-order valence-corrected chi connectivity index (χ1v) is 14.0. The summed E-state index contributed by atoms with van der Waals surface area (Å²) >= 11 is 3.60. The minimum Gasteiger partial charge on any atom is -0.465 e. The normalized spacial score (nSPS) is 12.1. The maximum absolute atomic E-state index is 14.1. The van der Waals surface area contributed by atoms with E-state index in [0.29, 0.717) is 42.0 Å². The van der Waals surface area contributed by atoms with Crippen LogP contribution in [0.1, 0.15) is 59.2 Å². The van der Waals surface area contributed by atoms with Crippen molar-refractivity contribution in [1.82, 2.24) is 24.4 Å². The van der Waals surface area contributed by atoms with Crippen LogP contribution in [-0.2, 0) is 6.54 Å². The van der Waals surface area contributed by atoms with Gasteiger partial charge < -0.3 is 15.3 Å². The Morgan fingerprint density at radius 2 is 1.80 bits per heavy atom. The first-order chi connectivity index (χ1) is 19.1. The van der Waals surface area contributed by atoms with Crippen molar-refractivity contribution in [2.45, 2.75) is 46.7 Å². The minimum atomic E-state index is -1.11. The molecule has 1 atom stereocenters. The number of carbonyl (C=O) groups excluding carboxylic acids is 1. The first kappa shape index (κ1) is 29.1. The monoisotopic (exact) mass is 607 g/mol. The molecule has 2 heterocycles. The van der Waals surface area contributed by atoms with Crippen LogP contribution in [-0.4, -0.2) is 49.3 Å². The van der Waals surface area contributed by atoms with Gasteiger partial charge in [0.2, 0.25) is 0 Å². The molecule has 0 spiro atoms. The summed E-state index contributed by atoms with van der Waals surface area (Å²) in [5.74, 6) is -0.257. The Labute approximate surface area is 241 Å². The Hall–Kier alpha value is -3.92. The molecule has 0 aliphatic heterocycles. The van der Waals surface area contributed by atoms with E-state index >= 15 is 0 Å². The Morgan fingerprint density at radius 3 is 2.45 bits per heavy atom. The zero-order valence-electron chi connectivity index (χ0n) is 23.1. The Bertz CT molecular complexity index is 1580.